The van der Waals surface area contributed by atoms with Crippen LogP contribution in [0.4, 0.5) is 0 Å². The Morgan fingerprint density at radius 1 is 1.04 bits per heavy atom. The molecule has 1 saturated heterocycles. The highest BCUT2D eigenvalue weighted by Gasteiger charge is 2.18. The van der Waals surface area contributed by atoms with Gasteiger partial charge in [0.1, 0.15) is 0 Å². The second-order valence-electron chi connectivity index (χ2n) is 6.97. The Morgan fingerprint density at radius 2 is 1.64 bits per heavy atom. The first kappa shape index (κ1) is 20.8. The number of rotatable bonds is 6. The molecule has 0 spiro atoms. The summed E-state index contributed by atoms with van der Waals surface area (Å²) in [5.41, 5.74) is 5.74. The van der Waals surface area contributed by atoms with E-state index >= 15 is 0 Å². The molecule has 7 heteroatoms. The summed E-state index contributed by atoms with van der Waals surface area (Å²) >= 11 is 12.2. The summed E-state index contributed by atoms with van der Waals surface area (Å²) in [6.45, 7) is 6.98. The molecule has 1 heterocycles. The van der Waals surface area contributed by atoms with Gasteiger partial charge in [-0.1, -0.05) is 59.1 Å². The van der Waals surface area contributed by atoms with Crippen LogP contribution in [0.25, 0.3) is 0 Å². The van der Waals surface area contributed by atoms with E-state index in [1.165, 1.54) is 17.3 Å². The zero-order valence-electron chi connectivity index (χ0n) is 15.9. The summed E-state index contributed by atoms with van der Waals surface area (Å²) in [6, 6.07) is 13.9. The van der Waals surface area contributed by atoms with Crippen LogP contribution in [0.1, 0.15) is 16.7 Å². The Labute approximate surface area is 175 Å². The number of amides is 1. The molecule has 2 aromatic carbocycles. The van der Waals surface area contributed by atoms with E-state index in [-0.39, 0.29) is 5.91 Å². The Morgan fingerprint density at radius 3 is 2.29 bits per heavy atom. The number of carbonyl (C=O) groups excluding carboxylic acids is 1. The zero-order valence-corrected chi connectivity index (χ0v) is 17.4. The highest BCUT2D eigenvalue weighted by atomic mass is 35.5. The van der Waals surface area contributed by atoms with E-state index in [0.717, 1.165) is 32.7 Å². The molecule has 0 saturated carbocycles. The van der Waals surface area contributed by atoms with Crippen LogP contribution in [0.3, 0.4) is 0 Å². The normalized spacial score (nSPS) is 15.8. The van der Waals surface area contributed by atoms with Crippen LogP contribution in [0.2, 0.25) is 10.0 Å². The predicted molar refractivity (Wildman–Crippen MR) is 115 cm³/mol. The number of nitrogens with zero attached hydrogens (tertiary/aromatic N) is 3. The third-order valence-corrected chi connectivity index (χ3v) is 5.40. The van der Waals surface area contributed by atoms with Crippen LogP contribution in [-0.2, 0) is 11.3 Å². The third kappa shape index (κ3) is 6.04. The van der Waals surface area contributed by atoms with Gasteiger partial charge >= 0.3 is 0 Å². The lowest BCUT2D eigenvalue weighted by Gasteiger charge is -2.34. The molecule has 148 valence electrons. The lowest BCUT2D eigenvalue weighted by molar-refractivity contribution is -0.122. The van der Waals surface area contributed by atoms with Crippen molar-refractivity contribution in [3.63, 3.8) is 0 Å². The molecule has 3 rings (SSSR count). The van der Waals surface area contributed by atoms with Gasteiger partial charge in [0.25, 0.3) is 5.91 Å². The molecule has 0 unspecified atom stereocenters. The first-order chi connectivity index (χ1) is 13.5. The molecule has 0 bridgehead atoms. The van der Waals surface area contributed by atoms with Crippen LogP contribution < -0.4 is 5.43 Å². The summed E-state index contributed by atoms with van der Waals surface area (Å²) in [6.07, 6.45) is 1.47. The number of carbonyl (C=O) groups is 1. The van der Waals surface area contributed by atoms with Gasteiger partial charge in [-0.25, -0.2) is 5.43 Å². The summed E-state index contributed by atoms with van der Waals surface area (Å²) in [7, 11) is 0. The van der Waals surface area contributed by atoms with Gasteiger partial charge in [0.05, 0.1) is 22.8 Å². The molecule has 0 aromatic heterocycles. The number of hydrogen-bond acceptors (Lipinski definition) is 4. The topological polar surface area (TPSA) is 47.9 Å². The Bertz CT molecular complexity index is 811. The van der Waals surface area contributed by atoms with Crippen LogP contribution in [0.5, 0.6) is 0 Å². The second-order valence-corrected chi connectivity index (χ2v) is 7.78. The van der Waals surface area contributed by atoms with Crippen molar-refractivity contribution in [1.29, 1.82) is 0 Å². The molecule has 1 aliphatic heterocycles. The van der Waals surface area contributed by atoms with Gasteiger partial charge in [-0.2, -0.15) is 5.10 Å². The molecular weight excluding hydrogens is 395 g/mol. The van der Waals surface area contributed by atoms with Gasteiger partial charge in [-0.3, -0.25) is 14.6 Å². The lowest BCUT2D eigenvalue weighted by Crippen LogP contribution is -2.48. The van der Waals surface area contributed by atoms with Crippen molar-refractivity contribution in [3.05, 3.63) is 69.2 Å². The van der Waals surface area contributed by atoms with Crippen LogP contribution in [0.15, 0.2) is 47.6 Å². The molecule has 5 nitrogen and oxygen atoms in total. The highest BCUT2D eigenvalue weighted by Crippen LogP contribution is 2.22. The monoisotopic (exact) mass is 418 g/mol. The van der Waals surface area contributed by atoms with Gasteiger partial charge in [-0.15, -0.1) is 0 Å². The van der Waals surface area contributed by atoms with Gasteiger partial charge in [0, 0.05) is 38.3 Å². The number of hydrogen-bond donors (Lipinski definition) is 1. The van der Waals surface area contributed by atoms with Crippen molar-refractivity contribution in [2.24, 2.45) is 5.10 Å². The first-order valence-corrected chi connectivity index (χ1v) is 10.0. The van der Waals surface area contributed by atoms with Crippen molar-refractivity contribution < 1.29 is 4.79 Å². The van der Waals surface area contributed by atoms with E-state index in [1.54, 1.807) is 18.2 Å². The van der Waals surface area contributed by atoms with Crippen molar-refractivity contribution in [3.8, 4) is 0 Å². The Hall–Kier alpha value is -1.92. The lowest BCUT2D eigenvalue weighted by atomic mass is 10.1. The quantitative estimate of drug-likeness (QED) is 0.575. The molecule has 1 amide bonds. The fraction of sp³-hybridized carbons (Fsp3) is 0.333. The van der Waals surface area contributed by atoms with Crippen molar-refractivity contribution in [2.45, 2.75) is 13.5 Å². The SMILES string of the molecule is Cc1ccc(CN2CCN(CC(=O)N/N=C/c3c(Cl)cccc3Cl)CC2)cc1. The van der Waals surface area contributed by atoms with Gasteiger partial charge in [-0.05, 0) is 24.6 Å². The minimum absolute atomic E-state index is 0.147. The van der Waals surface area contributed by atoms with E-state index < -0.39 is 0 Å². The maximum atomic E-state index is 12.1. The maximum Gasteiger partial charge on any atom is 0.254 e. The minimum atomic E-state index is -0.147. The number of hydrazone groups is 1. The van der Waals surface area contributed by atoms with Crippen LogP contribution >= 0.6 is 23.2 Å². The van der Waals surface area contributed by atoms with Gasteiger partial charge < -0.3 is 0 Å². The Balaban J connectivity index is 1.41. The van der Waals surface area contributed by atoms with E-state index in [4.69, 9.17) is 23.2 Å². The molecule has 0 atom stereocenters. The average Bonchev–Trinajstić information content (AvgIpc) is 2.67. The second kappa shape index (κ2) is 10.0. The zero-order chi connectivity index (χ0) is 19.9. The molecular formula is C21H24Cl2N4O. The van der Waals surface area contributed by atoms with E-state index in [0.29, 0.717) is 22.2 Å². The maximum absolute atomic E-state index is 12.1. The molecule has 2 aromatic rings. The minimum Gasteiger partial charge on any atom is -0.297 e. The average molecular weight is 419 g/mol. The molecule has 28 heavy (non-hydrogen) atoms. The largest absolute Gasteiger partial charge is 0.297 e. The van der Waals surface area contributed by atoms with E-state index in [2.05, 4.69) is 51.5 Å². The number of halogens is 2. The standard InChI is InChI=1S/C21H24Cl2N4O/c1-16-5-7-17(8-6-16)14-26-9-11-27(12-10-26)15-21(28)25-24-13-18-19(22)3-2-4-20(18)23/h2-8,13H,9-12,14-15H2,1H3,(H,25,28)/b24-13+. The molecule has 1 aliphatic rings. The van der Waals surface area contributed by atoms with Gasteiger partial charge in [0.2, 0.25) is 0 Å². The van der Waals surface area contributed by atoms with Crippen molar-refractivity contribution in [1.82, 2.24) is 15.2 Å². The fourth-order valence-electron chi connectivity index (χ4n) is 3.10. The van der Waals surface area contributed by atoms with E-state index in [9.17, 15) is 4.79 Å². The molecule has 1 fully saturated rings. The number of aryl methyl sites for hydroxylation is 1. The van der Waals surface area contributed by atoms with Crippen molar-refractivity contribution >= 4 is 35.3 Å². The number of benzene rings is 2. The van der Waals surface area contributed by atoms with Crippen molar-refractivity contribution in [2.75, 3.05) is 32.7 Å². The Kier molecular flexibility index (Phi) is 7.45. The van der Waals surface area contributed by atoms with Crippen LogP contribution in [0, 0.1) is 6.92 Å². The summed E-state index contributed by atoms with van der Waals surface area (Å²) in [5, 5.41) is 4.97. The fourth-order valence-corrected chi connectivity index (χ4v) is 3.59. The predicted octanol–water partition coefficient (Wildman–Crippen LogP) is 3.57. The third-order valence-electron chi connectivity index (χ3n) is 4.74. The molecule has 0 radical (unpaired) electrons. The first-order valence-electron chi connectivity index (χ1n) is 9.27. The van der Waals surface area contributed by atoms with Gasteiger partial charge in [0.15, 0.2) is 0 Å². The number of nitrogens with one attached hydrogen (secondary N) is 1. The number of piperazine rings is 1. The summed E-state index contributed by atoms with van der Waals surface area (Å²) < 4.78 is 0. The summed E-state index contributed by atoms with van der Waals surface area (Å²) in [4.78, 5) is 16.7. The molecule has 1 N–H and O–H groups in total. The molecule has 0 aliphatic carbocycles. The summed E-state index contributed by atoms with van der Waals surface area (Å²) in [5.74, 6) is -0.147. The van der Waals surface area contributed by atoms with Crippen LogP contribution in [-0.4, -0.2) is 54.6 Å². The highest BCUT2D eigenvalue weighted by molar-refractivity contribution is 6.38. The smallest absolute Gasteiger partial charge is 0.254 e. The van der Waals surface area contributed by atoms with E-state index in [1.807, 2.05) is 0 Å².